The first-order chi connectivity index (χ1) is 5.34. The minimum atomic E-state index is 0.730. The third kappa shape index (κ3) is 2.51. The van der Waals surface area contributed by atoms with Crippen LogP contribution in [0.2, 0.25) is 0 Å². The minimum Gasteiger partial charge on any atom is -0.264 e. The van der Waals surface area contributed by atoms with Crippen molar-refractivity contribution in [2.24, 2.45) is 0 Å². The van der Waals surface area contributed by atoms with Crippen molar-refractivity contribution < 1.29 is 0 Å². The molecule has 0 bridgehead atoms. The van der Waals surface area contributed by atoms with E-state index >= 15 is 0 Å². The number of pyridine rings is 1. The summed E-state index contributed by atoms with van der Waals surface area (Å²) < 4.78 is 0. The van der Waals surface area contributed by atoms with Crippen LogP contribution in [0.4, 0.5) is 0 Å². The Labute approximate surface area is 72.4 Å². The van der Waals surface area contributed by atoms with E-state index in [2.05, 4.69) is 11.9 Å². The van der Waals surface area contributed by atoms with Crippen LogP contribution in [0.5, 0.6) is 0 Å². The fourth-order valence-electron chi connectivity index (χ4n) is 1.02. The monoisotopic (exact) mass is 169 g/mol. The van der Waals surface area contributed by atoms with Crippen LogP contribution < -0.4 is 0 Å². The average Bonchev–Trinajstić information content (AvgIpc) is 2.03. The minimum absolute atomic E-state index is 0.730. The third-order valence-corrected chi connectivity index (χ3v) is 1.99. The van der Waals surface area contributed by atoms with Crippen LogP contribution in [-0.4, -0.2) is 10.9 Å². The number of hydrogen-bond donors (Lipinski definition) is 0. The van der Waals surface area contributed by atoms with E-state index in [0.717, 1.165) is 18.7 Å². The number of aromatic nitrogens is 1. The molecule has 0 atom stereocenters. The molecular weight excluding hydrogens is 158 g/mol. The number of hydrogen-bond acceptors (Lipinski definition) is 1. The van der Waals surface area contributed by atoms with Crippen molar-refractivity contribution >= 4 is 11.6 Å². The molecule has 1 heterocycles. The number of aryl methyl sites for hydroxylation is 2. The summed E-state index contributed by atoms with van der Waals surface area (Å²) in [4.78, 5) is 4.06. The van der Waals surface area contributed by atoms with Gasteiger partial charge < -0.3 is 0 Å². The maximum Gasteiger partial charge on any atom is 0.0302 e. The largest absolute Gasteiger partial charge is 0.264 e. The molecule has 0 saturated carbocycles. The fourth-order valence-corrected chi connectivity index (χ4v) is 1.15. The second-order valence-corrected chi connectivity index (χ2v) is 2.97. The lowest BCUT2D eigenvalue weighted by atomic mass is 10.1. The van der Waals surface area contributed by atoms with E-state index in [-0.39, 0.29) is 0 Å². The molecule has 0 amide bonds. The summed E-state index contributed by atoms with van der Waals surface area (Å²) in [5, 5.41) is 0. The van der Waals surface area contributed by atoms with Crippen LogP contribution in [0.1, 0.15) is 17.5 Å². The number of alkyl halides is 1. The second-order valence-electron chi connectivity index (χ2n) is 2.59. The Morgan fingerprint density at radius 1 is 1.55 bits per heavy atom. The van der Waals surface area contributed by atoms with Gasteiger partial charge in [-0.2, -0.15) is 0 Å². The van der Waals surface area contributed by atoms with Gasteiger partial charge in [0.1, 0.15) is 0 Å². The molecule has 1 nitrogen and oxygen atoms in total. The predicted octanol–water partition coefficient (Wildman–Crippen LogP) is 2.56. The van der Waals surface area contributed by atoms with Gasteiger partial charge in [0.15, 0.2) is 0 Å². The Bertz CT molecular complexity index is 223. The smallest absolute Gasteiger partial charge is 0.0302 e. The standard InChI is InChI=1S/C9H12ClN/c1-8-4-6-11-7-9(8)3-2-5-10/h4,6-7H,2-3,5H2,1H3. The van der Waals surface area contributed by atoms with Gasteiger partial charge in [-0.05, 0) is 37.0 Å². The fraction of sp³-hybridized carbons (Fsp3) is 0.444. The quantitative estimate of drug-likeness (QED) is 0.634. The molecule has 0 aromatic carbocycles. The zero-order valence-corrected chi connectivity index (χ0v) is 7.43. The van der Waals surface area contributed by atoms with E-state index in [1.165, 1.54) is 11.1 Å². The molecule has 60 valence electrons. The van der Waals surface area contributed by atoms with Gasteiger partial charge in [0.05, 0.1) is 0 Å². The van der Waals surface area contributed by atoms with Gasteiger partial charge in [0, 0.05) is 18.3 Å². The van der Waals surface area contributed by atoms with Crippen molar-refractivity contribution in [2.75, 3.05) is 5.88 Å². The first-order valence-electron chi connectivity index (χ1n) is 3.80. The first-order valence-corrected chi connectivity index (χ1v) is 4.33. The molecule has 0 N–H and O–H groups in total. The van der Waals surface area contributed by atoms with Crippen LogP contribution in [0.3, 0.4) is 0 Å². The lowest BCUT2D eigenvalue weighted by Crippen LogP contribution is -1.90. The lowest BCUT2D eigenvalue weighted by molar-refractivity contribution is 0.910. The molecule has 1 aromatic heterocycles. The second kappa shape index (κ2) is 4.35. The summed E-state index contributed by atoms with van der Waals surface area (Å²) in [7, 11) is 0. The van der Waals surface area contributed by atoms with E-state index in [0.29, 0.717) is 0 Å². The van der Waals surface area contributed by atoms with Crippen LogP contribution in [0.15, 0.2) is 18.5 Å². The molecule has 0 radical (unpaired) electrons. The van der Waals surface area contributed by atoms with Crippen LogP contribution >= 0.6 is 11.6 Å². The van der Waals surface area contributed by atoms with Crippen LogP contribution in [-0.2, 0) is 6.42 Å². The highest BCUT2D eigenvalue weighted by Crippen LogP contribution is 2.07. The van der Waals surface area contributed by atoms with Crippen molar-refractivity contribution in [3.8, 4) is 0 Å². The molecule has 2 heteroatoms. The van der Waals surface area contributed by atoms with Crippen molar-refractivity contribution in [1.29, 1.82) is 0 Å². The van der Waals surface area contributed by atoms with Gasteiger partial charge in [0.25, 0.3) is 0 Å². The summed E-state index contributed by atoms with van der Waals surface area (Å²) in [6.07, 6.45) is 5.82. The van der Waals surface area contributed by atoms with E-state index in [9.17, 15) is 0 Å². The topological polar surface area (TPSA) is 12.9 Å². The molecular formula is C9H12ClN. The normalized spacial score (nSPS) is 10.0. The van der Waals surface area contributed by atoms with E-state index in [1.54, 1.807) is 0 Å². The van der Waals surface area contributed by atoms with Crippen molar-refractivity contribution in [1.82, 2.24) is 4.98 Å². The van der Waals surface area contributed by atoms with Gasteiger partial charge in [-0.25, -0.2) is 0 Å². The highest BCUT2D eigenvalue weighted by molar-refractivity contribution is 6.17. The van der Waals surface area contributed by atoms with Gasteiger partial charge in [-0.1, -0.05) is 0 Å². The summed E-state index contributed by atoms with van der Waals surface area (Å²) in [5.41, 5.74) is 2.62. The molecule has 11 heavy (non-hydrogen) atoms. The summed E-state index contributed by atoms with van der Waals surface area (Å²) >= 11 is 5.58. The Kier molecular flexibility index (Phi) is 3.37. The van der Waals surface area contributed by atoms with Crippen molar-refractivity contribution in [3.05, 3.63) is 29.6 Å². The Morgan fingerprint density at radius 3 is 3.00 bits per heavy atom. The Balaban J connectivity index is 2.62. The Morgan fingerprint density at radius 2 is 2.36 bits per heavy atom. The van der Waals surface area contributed by atoms with Gasteiger partial charge >= 0.3 is 0 Å². The maximum absolute atomic E-state index is 5.58. The number of rotatable bonds is 3. The number of nitrogens with zero attached hydrogens (tertiary/aromatic N) is 1. The predicted molar refractivity (Wildman–Crippen MR) is 48.0 cm³/mol. The lowest BCUT2D eigenvalue weighted by Gasteiger charge is -2.01. The molecule has 1 aromatic rings. The number of halogens is 1. The van der Waals surface area contributed by atoms with Crippen molar-refractivity contribution in [3.63, 3.8) is 0 Å². The van der Waals surface area contributed by atoms with Gasteiger partial charge in [-0.15, -0.1) is 11.6 Å². The van der Waals surface area contributed by atoms with Crippen LogP contribution in [0.25, 0.3) is 0 Å². The van der Waals surface area contributed by atoms with E-state index < -0.39 is 0 Å². The SMILES string of the molecule is Cc1ccncc1CCCCl. The van der Waals surface area contributed by atoms with E-state index in [4.69, 9.17) is 11.6 Å². The summed E-state index contributed by atoms with van der Waals surface area (Å²) in [6, 6.07) is 2.03. The Hall–Kier alpha value is -0.560. The molecule has 0 aliphatic heterocycles. The average molecular weight is 170 g/mol. The zero-order valence-electron chi connectivity index (χ0n) is 6.68. The molecule has 1 rings (SSSR count). The van der Waals surface area contributed by atoms with Crippen molar-refractivity contribution in [2.45, 2.75) is 19.8 Å². The maximum atomic E-state index is 5.58. The highest BCUT2D eigenvalue weighted by atomic mass is 35.5. The molecule has 0 spiro atoms. The molecule has 0 aliphatic rings. The highest BCUT2D eigenvalue weighted by Gasteiger charge is 1.95. The van der Waals surface area contributed by atoms with Crippen LogP contribution in [0, 0.1) is 6.92 Å². The first kappa shape index (κ1) is 8.54. The molecule has 0 aliphatic carbocycles. The third-order valence-electron chi connectivity index (χ3n) is 1.73. The molecule has 0 saturated heterocycles. The van der Waals surface area contributed by atoms with E-state index in [1.807, 2.05) is 18.5 Å². The zero-order chi connectivity index (χ0) is 8.10. The molecule has 0 unspecified atom stereocenters. The molecule has 0 fully saturated rings. The summed E-state index contributed by atoms with van der Waals surface area (Å²) in [6.45, 7) is 2.10. The van der Waals surface area contributed by atoms with Gasteiger partial charge in [-0.3, -0.25) is 4.98 Å². The summed E-state index contributed by atoms with van der Waals surface area (Å²) in [5.74, 6) is 0.730. The van der Waals surface area contributed by atoms with Gasteiger partial charge in [0.2, 0.25) is 0 Å².